The Morgan fingerprint density at radius 2 is 2.14 bits per heavy atom. The molecule has 2 aromatic heterocycles. The van der Waals surface area contributed by atoms with Gasteiger partial charge in [0.05, 0.1) is 17.6 Å². The maximum Gasteiger partial charge on any atom is 0.219 e. The number of hydrogen-bond donors (Lipinski definition) is 0. The lowest BCUT2D eigenvalue weighted by Crippen LogP contribution is -2.38. The molecule has 1 saturated heterocycles. The predicted octanol–water partition coefficient (Wildman–Crippen LogP) is 1.60. The summed E-state index contributed by atoms with van der Waals surface area (Å²) in [5, 5.41) is 4.21. The number of aryl methyl sites for hydroxylation is 1. The Balaban J connectivity index is 1.93. The van der Waals surface area contributed by atoms with Crippen LogP contribution in [0.5, 0.6) is 0 Å². The third-order valence-electron chi connectivity index (χ3n) is 3.96. The monoisotopic (exact) mass is 285 g/mol. The topological polar surface area (TPSA) is 63.9 Å². The summed E-state index contributed by atoms with van der Waals surface area (Å²) in [6.45, 7) is 3.19. The maximum absolute atomic E-state index is 11.6. The molecule has 2 aromatic rings. The summed E-state index contributed by atoms with van der Waals surface area (Å²) in [7, 11) is 1.89. The van der Waals surface area contributed by atoms with E-state index in [1.165, 1.54) is 0 Å². The molecule has 1 unspecified atom stereocenters. The second-order valence-electron chi connectivity index (χ2n) is 5.50. The van der Waals surface area contributed by atoms with Crippen LogP contribution in [0.25, 0.3) is 11.3 Å². The third kappa shape index (κ3) is 2.79. The SMILES string of the molecule is CC(=O)N1CCCC(c2nccnc2-c2cnn(C)c2)C1. The van der Waals surface area contributed by atoms with E-state index in [9.17, 15) is 4.79 Å². The zero-order valence-corrected chi connectivity index (χ0v) is 12.4. The van der Waals surface area contributed by atoms with Gasteiger partial charge in [-0.05, 0) is 12.8 Å². The number of amides is 1. The molecule has 3 rings (SSSR count). The van der Waals surface area contributed by atoms with Crippen molar-refractivity contribution in [2.24, 2.45) is 7.05 Å². The van der Waals surface area contributed by atoms with Crippen LogP contribution in [-0.2, 0) is 11.8 Å². The summed E-state index contributed by atoms with van der Waals surface area (Å²) < 4.78 is 1.76. The van der Waals surface area contributed by atoms with Gasteiger partial charge >= 0.3 is 0 Å². The fourth-order valence-electron chi connectivity index (χ4n) is 2.90. The van der Waals surface area contributed by atoms with E-state index in [1.54, 1.807) is 30.2 Å². The number of likely N-dealkylation sites (tertiary alicyclic amines) is 1. The molecule has 1 fully saturated rings. The first kappa shape index (κ1) is 13.7. The lowest BCUT2D eigenvalue weighted by atomic mass is 9.92. The van der Waals surface area contributed by atoms with Crippen LogP contribution in [0.2, 0.25) is 0 Å². The second-order valence-corrected chi connectivity index (χ2v) is 5.50. The van der Waals surface area contributed by atoms with Crippen molar-refractivity contribution in [1.82, 2.24) is 24.6 Å². The van der Waals surface area contributed by atoms with E-state index in [-0.39, 0.29) is 11.8 Å². The first-order chi connectivity index (χ1) is 10.1. The van der Waals surface area contributed by atoms with Gasteiger partial charge in [0.1, 0.15) is 0 Å². The molecule has 21 heavy (non-hydrogen) atoms. The fraction of sp³-hybridized carbons (Fsp3) is 0.467. The Bertz CT molecular complexity index is 651. The zero-order valence-electron chi connectivity index (χ0n) is 12.4. The highest BCUT2D eigenvalue weighted by Gasteiger charge is 2.26. The van der Waals surface area contributed by atoms with Crippen molar-refractivity contribution >= 4 is 5.91 Å². The summed E-state index contributed by atoms with van der Waals surface area (Å²) in [5.41, 5.74) is 2.82. The van der Waals surface area contributed by atoms with Crippen molar-refractivity contribution < 1.29 is 4.79 Å². The average molecular weight is 285 g/mol. The summed E-state index contributed by atoms with van der Waals surface area (Å²) in [5.74, 6) is 0.373. The quantitative estimate of drug-likeness (QED) is 0.841. The molecule has 6 heteroatoms. The second kappa shape index (κ2) is 5.63. The Morgan fingerprint density at radius 1 is 1.33 bits per heavy atom. The number of carbonyl (C=O) groups excluding carboxylic acids is 1. The molecule has 6 nitrogen and oxygen atoms in total. The van der Waals surface area contributed by atoms with Crippen molar-refractivity contribution in [1.29, 1.82) is 0 Å². The fourth-order valence-corrected chi connectivity index (χ4v) is 2.90. The Morgan fingerprint density at radius 3 is 2.86 bits per heavy atom. The molecule has 0 spiro atoms. The number of nitrogens with zero attached hydrogens (tertiary/aromatic N) is 5. The zero-order chi connectivity index (χ0) is 14.8. The van der Waals surface area contributed by atoms with E-state index in [2.05, 4.69) is 15.1 Å². The molecule has 0 N–H and O–H groups in total. The number of hydrogen-bond acceptors (Lipinski definition) is 4. The van der Waals surface area contributed by atoms with Crippen LogP contribution in [0, 0.1) is 0 Å². The van der Waals surface area contributed by atoms with Crippen LogP contribution in [-0.4, -0.2) is 43.6 Å². The van der Waals surface area contributed by atoms with Crippen LogP contribution in [0.3, 0.4) is 0 Å². The lowest BCUT2D eigenvalue weighted by Gasteiger charge is -2.32. The highest BCUT2D eigenvalue weighted by Crippen LogP contribution is 2.31. The van der Waals surface area contributed by atoms with Gasteiger partial charge in [0, 0.05) is 57.1 Å². The number of carbonyl (C=O) groups is 1. The van der Waals surface area contributed by atoms with Gasteiger partial charge in [-0.3, -0.25) is 19.4 Å². The molecule has 110 valence electrons. The van der Waals surface area contributed by atoms with Gasteiger partial charge in [0.25, 0.3) is 0 Å². The van der Waals surface area contributed by atoms with E-state index in [0.29, 0.717) is 0 Å². The molecule has 0 saturated carbocycles. The van der Waals surface area contributed by atoms with E-state index >= 15 is 0 Å². The minimum atomic E-state index is 0.131. The molecular formula is C15H19N5O. The van der Waals surface area contributed by atoms with Gasteiger partial charge in [0.2, 0.25) is 5.91 Å². The van der Waals surface area contributed by atoms with Gasteiger partial charge < -0.3 is 4.90 Å². The van der Waals surface area contributed by atoms with Crippen LogP contribution in [0.4, 0.5) is 0 Å². The number of piperidine rings is 1. The standard InChI is InChI=1S/C15H19N5O/c1-11(21)20-7-3-4-12(10-20)14-15(17-6-5-16-14)13-8-18-19(2)9-13/h5-6,8-9,12H,3-4,7,10H2,1-2H3. The normalized spacial score (nSPS) is 18.8. The molecular weight excluding hydrogens is 266 g/mol. The lowest BCUT2D eigenvalue weighted by molar-refractivity contribution is -0.130. The highest BCUT2D eigenvalue weighted by atomic mass is 16.2. The Hall–Kier alpha value is -2.24. The smallest absolute Gasteiger partial charge is 0.219 e. The van der Waals surface area contributed by atoms with Crippen LogP contribution < -0.4 is 0 Å². The van der Waals surface area contributed by atoms with E-state index in [1.807, 2.05) is 18.1 Å². The first-order valence-electron chi connectivity index (χ1n) is 7.20. The summed E-state index contributed by atoms with van der Waals surface area (Å²) in [6, 6.07) is 0. The van der Waals surface area contributed by atoms with Gasteiger partial charge in [-0.25, -0.2) is 0 Å². The molecule has 0 bridgehead atoms. The molecule has 0 radical (unpaired) electrons. The van der Waals surface area contributed by atoms with Crippen molar-refractivity contribution in [3.63, 3.8) is 0 Å². The largest absolute Gasteiger partial charge is 0.342 e. The minimum Gasteiger partial charge on any atom is -0.342 e. The number of rotatable bonds is 2. The molecule has 0 aliphatic carbocycles. The van der Waals surface area contributed by atoms with Crippen molar-refractivity contribution in [3.05, 3.63) is 30.5 Å². The first-order valence-corrected chi connectivity index (χ1v) is 7.20. The third-order valence-corrected chi connectivity index (χ3v) is 3.96. The van der Waals surface area contributed by atoms with Crippen LogP contribution in [0.15, 0.2) is 24.8 Å². The van der Waals surface area contributed by atoms with Gasteiger partial charge in [-0.15, -0.1) is 0 Å². The van der Waals surface area contributed by atoms with E-state index in [0.717, 1.165) is 42.9 Å². The molecule has 0 aromatic carbocycles. The molecule has 1 aliphatic rings. The van der Waals surface area contributed by atoms with Crippen molar-refractivity contribution in [3.8, 4) is 11.3 Å². The maximum atomic E-state index is 11.6. The summed E-state index contributed by atoms with van der Waals surface area (Å²) in [6.07, 6.45) is 9.22. The minimum absolute atomic E-state index is 0.131. The molecule has 3 heterocycles. The Labute approximate surface area is 123 Å². The summed E-state index contributed by atoms with van der Waals surface area (Å²) >= 11 is 0. The van der Waals surface area contributed by atoms with Crippen LogP contribution >= 0.6 is 0 Å². The molecule has 1 atom stereocenters. The van der Waals surface area contributed by atoms with Gasteiger partial charge in [-0.1, -0.05) is 0 Å². The van der Waals surface area contributed by atoms with E-state index < -0.39 is 0 Å². The van der Waals surface area contributed by atoms with E-state index in [4.69, 9.17) is 0 Å². The predicted molar refractivity (Wildman–Crippen MR) is 78.5 cm³/mol. The average Bonchev–Trinajstić information content (AvgIpc) is 2.94. The van der Waals surface area contributed by atoms with Gasteiger partial charge in [-0.2, -0.15) is 5.10 Å². The Kier molecular flexibility index (Phi) is 3.68. The highest BCUT2D eigenvalue weighted by molar-refractivity contribution is 5.73. The molecule has 1 aliphatic heterocycles. The molecule has 1 amide bonds. The van der Waals surface area contributed by atoms with Crippen molar-refractivity contribution in [2.45, 2.75) is 25.7 Å². The number of aromatic nitrogens is 4. The van der Waals surface area contributed by atoms with Crippen LogP contribution in [0.1, 0.15) is 31.4 Å². The summed E-state index contributed by atoms with van der Waals surface area (Å²) in [4.78, 5) is 22.5. The van der Waals surface area contributed by atoms with Crippen molar-refractivity contribution in [2.75, 3.05) is 13.1 Å². The van der Waals surface area contributed by atoms with Gasteiger partial charge in [0.15, 0.2) is 0 Å².